The van der Waals surface area contributed by atoms with Crippen molar-refractivity contribution >= 4 is 11.3 Å². The summed E-state index contributed by atoms with van der Waals surface area (Å²) >= 11 is 0. The molecule has 0 amide bonds. The highest BCUT2D eigenvalue weighted by molar-refractivity contribution is 5.66. The van der Waals surface area contributed by atoms with Crippen molar-refractivity contribution in [2.45, 2.75) is 52.1 Å². The zero-order chi connectivity index (χ0) is 40.9. The van der Waals surface area contributed by atoms with Gasteiger partial charge in [-0.15, -0.1) is 20.4 Å². The van der Waals surface area contributed by atoms with Crippen LogP contribution in [0.15, 0.2) is 48.7 Å². The van der Waals surface area contributed by atoms with Crippen molar-refractivity contribution < 1.29 is 62.5 Å². The van der Waals surface area contributed by atoms with Gasteiger partial charge in [0.2, 0.25) is 23.5 Å². The molecule has 6 heterocycles. The smallest absolute Gasteiger partial charge is 0.453 e. The lowest BCUT2D eigenvalue weighted by Crippen LogP contribution is -2.20. The van der Waals surface area contributed by atoms with E-state index in [1.807, 2.05) is 13.8 Å². The first-order valence-corrected chi connectivity index (χ1v) is 15.4. The second kappa shape index (κ2) is 16.2. The number of pyridine rings is 2. The minimum absolute atomic E-state index is 0.0134. The molecule has 0 atom stereocenters. The molecular weight excluding hydrogens is 769 g/mol. The number of ether oxygens (including phenoxy) is 3. The number of hydrogen-bond donors (Lipinski definition) is 0. The number of fused-ring (bicyclic) bond motifs is 2. The number of hydrogen-bond acceptors (Lipinski definition) is 11. The van der Waals surface area contributed by atoms with Crippen molar-refractivity contribution in [3.05, 3.63) is 65.9 Å². The molecule has 6 aromatic rings. The maximum Gasteiger partial charge on any atom is 0.453 e. The molecular formula is C31H27F11N10O3. The summed E-state index contributed by atoms with van der Waals surface area (Å²) in [5, 5.41) is 21.4. The largest absolute Gasteiger partial charge is 0.480 e. The maximum atomic E-state index is 13.6. The van der Waals surface area contributed by atoms with Crippen LogP contribution in [0.5, 0.6) is 17.6 Å². The van der Waals surface area contributed by atoms with Gasteiger partial charge in [0.1, 0.15) is 0 Å². The van der Waals surface area contributed by atoms with E-state index in [2.05, 4.69) is 50.0 Å². The molecule has 0 unspecified atom stereocenters. The second-order valence-electron chi connectivity index (χ2n) is 10.8. The number of aromatic nitrogens is 10. The van der Waals surface area contributed by atoms with Crippen molar-refractivity contribution in [3.63, 3.8) is 0 Å². The average molecular weight is 797 g/mol. The summed E-state index contributed by atoms with van der Waals surface area (Å²) in [5.74, 6) is -5.90. The van der Waals surface area contributed by atoms with Crippen molar-refractivity contribution in [2.75, 3.05) is 20.3 Å². The first-order chi connectivity index (χ1) is 25.6. The monoisotopic (exact) mass is 796 g/mol. The van der Waals surface area contributed by atoms with Crippen molar-refractivity contribution in [2.24, 2.45) is 0 Å². The average Bonchev–Trinajstić information content (AvgIpc) is 3.75. The Labute approximate surface area is 302 Å². The second-order valence-corrected chi connectivity index (χ2v) is 10.8. The molecule has 296 valence electrons. The van der Waals surface area contributed by atoms with E-state index < -0.39 is 49.3 Å². The molecule has 0 aromatic carbocycles. The molecule has 0 aliphatic heterocycles. The number of methoxy groups -OCH3 is 1. The van der Waals surface area contributed by atoms with E-state index in [1.54, 1.807) is 0 Å². The third-order valence-corrected chi connectivity index (χ3v) is 6.56. The molecule has 6 aromatic heterocycles. The van der Waals surface area contributed by atoms with Gasteiger partial charge in [-0.2, -0.15) is 72.5 Å². The molecule has 55 heavy (non-hydrogen) atoms. The van der Waals surface area contributed by atoms with E-state index in [4.69, 9.17) is 4.74 Å². The molecule has 24 heteroatoms. The van der Waals surface area contributed by atoms with Crippen LogP contribution in [-0.4, -0.2) is 82.3 Å². The SMILES string of the molecule is CC.COc1nc(OCC(F)(F)F)ccc1-c1ccc2nnc(C(F)(F)F)n2n1.Cc1cc(-c2ccc3nnc(C(C)(F)F)n3n2)cnc1OCC(F)(F)F. The van der Waals surface area contributed by atoms with E-state index in [0.29, 0.717) is 22.6 Å². The van der Waals surface area contributed by atoms with Crippen LogP contribution in [0.3, 0.4) is 0 Å². The minimum atomic E-state index is -4.78. The Morgan fingerprint density at radius 2 is 1.20 bits per heavy atom. The number of aryl methyl sites for hydroxylation is 1. The van der Waals surface area contributed by atoms with Gasteiger partial charge in [0.25, 0.3) is 5.82 Å². The van der Waals surface area contributed by atoms with Gasteiger partial charge < -0.3 is 14.2 Å². The van der Waals surface area contributed by atoms with Gasteiger partial charge in [0.15, 0.2) is 24.5 Å². The summed E-state index contributed by atoms with van der Waals surface area (Å²) in [6, 6.07) is 9.46. The molecule has 0 N–H and O–H groups in total. The van der Waals surface area contributed by atoms with E-state index in [-0.39, 0.29) is 45.9 Å². The first kappa shape index (κ1) is 41.8. The summed E-state index contributed by atoms with van der Waals surface area (Å²) in [6.07, 6.45) is -12.6. The summed E-state index contributed by atoms with van der Waals surface area (Å²) < 4.78 is 155. The Balaban J connectivity index is 0.000000234. The number of nitrogens with zero attached hydrogens (tertiary/aromatic N) is 10. The predicted octanol–water partition coefficient (Wildman–Crippen LogP) is 7.73. The van der Waals surface area contributed by atoms with Crippen molar-refractivity contribution in [1.29, 1.82) is 0 Å². The van der Waals surface area contributed by atoms with Crippen LogP contribution < -0.4 is 14.2 Å². The zero-order valence-corrected chi connectivity index (χ0v) is 28.9. The standard InChI is InChI=1S/C15H12F5N5O.C14H9F6N5O2.C2H6/c1-8-5-9(6-21-12(8)26-7-15(18,19)20)10-3-4-11-22-23-13(14(2,16)17)25(11)24-10;1-26-11-7(2-5-10(21-11)27-6-13(15,16)17)8-3-4-9-22-23-12(14(18,19)20)25(9)24-8;1-2/h3-6H,7H2,1-2H3;2-5H,6H2,1H3;1-2H3. The summed E-state index contributed by atoms with van der Waals surface area (Å²) in [4.78, 5) is 7.61. The molecule has 0 spiro atoms. The Kier molecular flexibility index (Phi) is 12.3. The molecule has 0 bridgehead atoms. The van der Waals surface area contributed by atoms with E-state index >= 15 is 0 Å². The third kappa shape index (κ3) is 10.6. The topological polar surface area (TPSA) is 140 Å². The molecule has 13 nitrogen and oxygen atoms in total. The number of rotatable bonds is 8. The molecule has 0 saturated heterocycles. The normalized spacial score (nSPS) is 12.1. The maximum absolute atomic E-state index is 13.6. The van der Waals surface area contributed by atoms with Crippen molar-refractivity contribution in [3.8, 4) is 40.2 Å². The summed E-state index contributed by atoms with van der Waals surface area (Å²) in [5.41, 5.74) is 1.20. The Hall–Kier alpha value is -5.97. The first-order valence-electron chi connectivity index (χ1n) is 15.4. The lowest BCUT2D eigenvalue weighted by Gasteiger charge is -2.12. The van der Waals surface area contributed by atoms with E-state index in [0.717, 1.165) is 10.6 Å². The van der Waals surface area contributed by atoms with Gasteiger partial charge in [0, 0.05) is 30.3 Å². The van der Waals surface area contributed by atoms with Crippen LogP contribution >= 0.6 is 0 Å². The van der Waals surface area contributed by atoms with Crippen LogP contribution in [-0.2, 0) is 12.1 Å². The predicted molar refractivity (Wildman–Crippen MR) is 168 cm³/mol. The van der Waals surface area contributed by atoms with Gasteiger partial charge in [-0.1, -0.05) is 13.8 Å². The van der Waals surface area contributed by atoms with Crippen LogP contribution in [0.4, 0.5) is 48.3 Å². The fourth-order valence-corrected chi connectivity index (χ4v) is 4.34. The molecule has 0 aliphatic carbocycles. The van der Waals surface area contributed by atoms with Gasteiger partial charge in [0.05, 0.1) is 24.1 Å². The Morgan fingerprint density at radius 3 is 1.75 bits per heavy atom. The fraction of sp³-hybridized carbons (Fsp3) is 0.355. The van der Waals surface area contributed by atoms with Crippen LogP contribution in [0.1, 0.15) is 38.0 Å². The van der Waals surface area contributed by atoms with E-state index in [9.17, 15) is 48.3 Å². The number of halogens is 11. The third-order valence-electron chi connectivity index (χ3n) is 6.56. The summed E-state index contributed by atoms with van der Waals surface area (Å²) in [7, 11) is 1.19. The molecule has 6 rings (SSSR count). The fourth-order valence-electron chi connectivity index (χ4n) is 4.34. The molecule has 0 saturated carbocycles. The highest BCUT2D eigenvalue weighted by atomic mass is 19.4. The number of alkyl halides is 11. The van der Waals surface area contributed by atoms with Crippen molar-refractivity contribution in [1.82, 2.24) is 49.6 Å². The molecule has 0 fully saturated rings. The highest BCUT2D eigenvalue weighted by Gasteiger charge is 2.38. The summed E-state index contributed by atoms with van der Waals surface area (Å²) in [6.45, 7) is 3.18. The van der Waals surface area contributed by atoms with Crippen LogP contribution in [0, 0.1) is 6.92 Å². The quantitative estimate of drug-likeness (QED) is 0.140. The molecule has 0 radical (unpaired) electrons. The highest BCUT2D eigenvalue weighted by Crippen LogP contribution is 2.32. The zero-order valence-electron chi connectivity index (χ0n) is 28.9. The van der Waals surface area contributed by atoms with Crippen LogP contribution in [0.25, 0.3) is 33.8 Å². The minimum Gasteiger partial charge on any atom is -0.480 e. The van der Waals surface area contributed by atoms with Gasteiger partial charge in [-0.05, 0) is 43.3 Å². The van der Waals surface area contributed by atoms with Gasteiger partial charge in [-0.25, -0.2) is 4.98 Å². The Bertz CT molecular complexity index is 2230. The molecule has 0 aliphatic rings. The van der Waals surface area contributed by atoms with Crippen LogP contribution in [0.2, 0.25) is 0 Å². The van der Waals surface area contributed by atoms with Gasteiger partial charge in [-0.3, -0.25) is 0 Å². The Morgan fingerprint density at radius 1 is 0.655 bits per heavy atom. The lowest BCUT2D eigenvalue weighted by atomic mass is 10.1. The van der Waals surface area contributed by atoms with Gasteiger partial charge >= 0.3 is 24.5 Å². The van der Waals surface area contributed by atoms with E-state index in [1.165, 1.54) is 56.6 Å². The lowest BCUT2D eigenvalue weighted by molar-refractivity contribution is -0.154.